The lowest BCUT2D eigenvalue weighted by Gasteiger charge is -2.08. The summed E-state index contributed by atoms with van der Waals surface area (Å²) in [5.41, 5.74) is 3.65. The Hall–Kier alpha value is -2.10. The van der Waals surface area contributed by atoms with Gasteiger partial charge in [0.15, 0.2) is 5.69 Å². The lowest BCUT2D eigenvalue weighted by atomic mass is 10.0. The highest BCUT2D eigenvalue weighted by Gasteiger charge is 2.23. The van der Waals surface area contributed by atoms with Crippen molar-refractivity contribution < 1.29 is 9.53 Å². The van der Waals surface area contributed by atoms with Gasteiger partial charge in [0.05, 0.1) is 19.1 Å². The number of hydrogen-bond acceptors (Lipinski definition) is 3. The summed E-state index contributed by atoms with van der Waals surface area (Å²) < 4.78 is 6.84. The fraction of sp³-hybridized carbons (Fsp3) is 0.286. The van der Waals surface area contributed by atoms with Gasteiger partial charge in [-0.2, -0.15) is 0 Å². The minimum Gasteiger partial charge on any atom is -0.464 e. The number of fused-ring (bicyclic) bond motifs is 3. The van der Waals surface area contributed by atoms with Crippen molar-refractivity contribution in [2.24, 2.45) is 0 Å². The zero-order valence-corrected chi connectivity index (χ0v) is 10.2. The van der Waals surface area contributed by atoms with E-state index in [4.69, 9.17) is 4.74 Å². The molecular weight excluding hydrogens is 228 g/mol. The second kappa shape index (κ2) is 4.29. The van der Waals surface area contributed by atoms with Crippen molar-refractivity contribution in [3.63, 3.8) is 0 Å². The number of hydrogen-bond donors (Lipinski definition) is 0. The molecule has 4 heteroatoms. The summed E-state index contributed by atoms with van der Waals surface area (Å²) in [6, 6.07) is 8.17. The van der Waals surface area contributed by atoms with Gasteiger partial charge in [-0.1, -0.05) is 24.3 Å². The molecule has 2 heterocycles. The minimum absolute atomic E-state index is 0.375. The van der Waals surface area contributed by atoms with Gasteiger partial charge >= 0.3 is 5.97 Å². The first-order valence-electron chi connectivity index (χ1n) is 6.03. The lowest BCUT2D eigenvalue weighted by molar-refractivity contribution is 0.0595. The van der Waals surface area contributed by atoms with E-state index in [1.54, 1.807) is 6.33 Å². The molecule has 0 radical (unpaired) electrons. The number of aromatic nitrogens is 2. The molecule has 0 unspecified atom stereocenters. The largest absolute Gasteiger partial charge is 0.464 e. The number of carbonyl (C=O) groups is 1. The molecule has 2 aromatic rings. The number of imidazole rings is 1. The highest BCUT2D eigenvalue weighted by atomic mass is 16.5. The molecule has 92 valence electrons. The number of esters is 1. The van der Waals surface area contributed by atoms with Gasteiger partial charge in [-0.25, -0.2) is 9.78 Å². The van der Waals surface area contributed by atoms with Gasteiger partial charge in [-0.05, 0) is 18.4 Å². The van der Waals surface area contributed by atoms with Gasteiger partial charge in [-0.3, -0.25) is 0 Å². The van der Waals surface area contributed by atoms with E-state index in [1.165, 1.54) is 12.7 Å². The van der Waals surface area contributed by atoms with Crippen LogP contribution in [0.4, 0.5) is 0 Å². The Labute approximate surface area is 105 Å². The molecule has 0 spiro atoms. The summed E-state index contributed by atoms with van der Waals surface area (Å²) in [5, 5.41) is 0. The quantitative estimate of drug-likeness (QED) is 0.721. The van der Waals surface area contributed by atoms with Gasteiger partial charge in [0.1, 0.15) is 0 Å². The topological polar surface area (TPSA) is 44.1 Å². The van der Waals surface area contributed by atoms with Gasteiger partial charge in [0.2, 0.25) is 0 Å². The molecule has 0 amide bonds. The Kier molecular flexibility index (Phi) is 2.63. The average molecular weight is 242 g/mol. The van der Waals surface area contributed by atoms with Crippen LogP contribution in [0.3, 0.4) is 0 Å². The average Bonchev–Trinajstić information content (AvgIpc) is 2.74. The zero-order chi connectivity index (χ0) is 12.5. The summed E-state index contributed by atoms with van der Waals surface area (Å²) in [6.45, 7) is 0.883. The fourth-order valence-corrected chi connectivity index (χ4v) is 2.49. The standard InChI is InChI=1S/C14H14N2O2/c1-18-14(17)12-13-11-7-3-2-5-10(11)6-4-8-16(13)9-15-12/h2-3,5,7,9H,4,6,8H2,1H3. The number of methoxy groups -OCH3 is 1. The molecule has 3 rings (SSSR count). The van der Waals surface area contributed by atoms with E-state index < -0.39 is 0 Å². The summed E-state index contributed by atoms with van der Waals surface area (Å²) in [5.74, 6) is -0.375. The molecular formula is C14H14N2O2. The molecule has 4 nitrogen and oxygen atoms in total. The predicted octanol–water partition coefficient (Wildman–Crippen LogP) is 2.28. The van der Waals surface area contributed by atoms with Gasteiger partial charge < -0.3 is 9.30 Å². The lowest BCUT2D eigenvalue weighted by Crippen LogP contribution is -2.05. The molecule has 0 atom stereocenters. The van der Waals surface area contributed by atoms with E-state index >= 15 is 0 Å². The van der Waals surface area contributed by atoms with Gasteiger partial charge in [0.25, 0.3) is 0 Å². The van der Waals surface area contributed by atoms with Crippen molar-refractivity contribution in [1.29, 1.82) is 0 Å². The Balaban J connectivity index is 2.24. The molecule has 1 aromatic carbocycles. The zero-order valence-electron chi connectivity index (χ0n) is 10.2. The second-order valence-electron chi connectivity index (χ2n) is 4.39. The third-order valence-electron chi connectivity index (χ3n) is 3.33. The predicted molar refractivity (Wildman–Crippen MR) is 67.3 cm³/mol. The van der Waals surface area contributed by atoms with Crippen LogP contribution in [0.15, 0.2) is 30.6 Å². The van der Waals surface area contributed by atoms with Crippen molar-refractivity contribution in [2.75, 3.05) is 7.11 Å². The first-order chi connectivity index (χ1) is 8.81. The van der Waals surface area contributed by atoms with E-state index in [2.05, 4.69) is 11.1 Å². The molecule has 0 saturated heterocycles. The first-order valence-corrected chi connectivity index (χ1v) is 6.03. The van der Waals surface area contributed by atoms with E-state index in [-0.39, 0.29) is 5.97 Å². The first kappa shape index (κ1) is 11.0. The van der Waals surface area contributed by atoms with E-state index in [0.717, 1.165) is 30.6 Å². The van der Waals surface area contributed by atoms with Crippen LogP contribution in [0.5, 0.6) is 0 Å². The monoisotopic (exact) mass is 242 g/mol. The number of benzene rings is 1. The van der Waals surface area contributed by atoms with Crippen LogP contribution < -0.4 is 0 Å². The summed E-state index contributed by atoms with van der Waals surface area (Å²) >= 11 is 0. The number of carbonyl (C=O) groups excluding carboxylic acids is 1. The van der Waals surface area contributed by atoms with Crippen molar-refractivity contribution in [1.82, 2.24) is 9.55 Å². The maximum atomic E-state index is 11.8. The van der Waals surface area contributed by atoms with E-state index in [0.29, 0.717) is 5.69 Å². The molecule has 0 bridgehead atoms. The van der Waals surface area contributed by atoms with E-state index in [1.807, 2.05) is 22.8 Å². The second-order valence-corrected chi connectivity index (χ2v) is 4.39. The number of aryl methyl sites for hydroxylation is 2. The van der Waals surface area contributed by atoms with Crippen LogP contribution >= 0.6 is 0 Å². The van der Waals surface area contributed by atoms with Crippen molar-refractivity contribution >= 4 is 5.97 Å². The maximum Gasteiger partial charge on any atom is 0.358 e. The van der Waals surface area contributed by atoms with Crippen LogP contribution in [-0.4, -0.2) is 22.6 Å². The maximum absolute atomic E-state index is 11.8. The Morgan fingerprint density at radius 2 is 2.22 bits per heavy atom. The summed E-state index contributed by atoms with van der Waals surface area (Å²) in [4.78, 5) is 16.0. The molecule has 18 heavy (non-hydrogen) atoms. The van der Waals surface area contributed by atoms with Crippen molar-refractivity contribution in [3.05, 3.63) is 41.9 Å². The number of nitrogens with zero attached hydrogens (tertiary/aromatic N) is 2. The van der Waals surface area contributed by atoms with Crippen LogP contribution in [0, 0.1) is 0 Å². The summed E-state index contributed by atoms with van der Waals surface area (Å²) in [7, 11) is 1.39. The highest BCUT2D eigenvalue weighted by Crippen LogP contribution is 2.31. The summed E-state index contributed by atoms with van der Waals surface area (Å²) in [6.07, 6.45) is 3.81. The molecule has 0 fully saturated rings. The minimum atomic E-state index is -0.375. The van der Waals surface area contributed by atoms with Crippen LogP contribution in [0.25, 0.3) is 11.3 Å². The van der Waals surface area contributed by atoms with Gasteiger partial charge in [-0.15, -0.1) is 0 Å². The van der Waals surface area contributed by atoms with Gasteiger partial charge in [0, 0.05) is 12.1 Å². The third kappa shape index (κ3) is 1.61. The number of ether oxygens (including phenoxy) is 1. The van der Waals surface area contributed by atoms with Crippen molar-refractivity contribution in [3.8, 4) is 11.3 Å². The Morgan fingerprint density at radius 3 is 3.06 bits per heavy atom. The molecule has 1 aromatic heterocycles. The molecule has 0 saturated carbocycles. The molecule has 0 aliphatic carbocycles. The SMILES string of the molecule is COC(=O)c1ncn2c1-c1ccccc1CCC2. The van der Waals surface area contributed by atoms with Crippen molar-refractivity contribution in [2.45, 2.75) is 19.4 Å². The molecule has 1 aliphatic rings. The van der Waals surface area contributed by atoms with Crippen LogP contribution in [0.2, 0.25) is 0 Å². The third-order valence-corrected chi connectivity index (χ3v) is 3.33. The smallest absolute Gasteiger partial charge is 0.358 e. The fourth-order valence-electron chi connectivity index (χ4n) is 2.49. The Bertz CT molecular complexity index is 602. The highest BCUT2D eigenvalue weighted by molar-refractivity contribution is 5.94. The normalized spacial score (nSPS) is 13.4. The van der Waals surface area contributed by atoms with Crippen LogP contribution in [0.1, 0.15) is 22.5 Å². The van der Waals surface area contributed by atoms with E-state index in [9.17, 15) is 4.79 Å². The van der Waals surface area contributed by atoms with Crippen LogP contribution in [-0.2, 0) is 17.7 Å². The Morgan fingerprint density at radius 1 is 1.39 bits per heavy atom. The number of rotatable bonds is 1. The molecule has 1 aliphatic heterocycles. The molecule has 0 N–H and O–H groups in total.